The monoisotopic (exact) mass is 804 g/mol. The lowest BCUT2D eigenvalue weighted by Gasteiger charge is -2.27. The molecule has 0 spiro atoms. The van der Waals surface area contributed by atoms with Gasteiger partial charge in [0.1, 0.15) is 22.3 Å². The highest BCUT2D eigenvalue weighted by Gasteiger charge is 2.38. The molecule has 0 radical (unpaired) electrons. The summed E-state index contributed by atoms with van der Waals surface area (Å²) >= 11 is 0. The van der Waals surface area contributed by atoms with Crippen molar-refractivity contribution < 1.29 is 8.83 Å². The van der Waals surface area contributed by atoms with Crippen LogP contribution >= 0.6 is 0 Å². The molecule has 9 aromatic carbocycles. The third kappa shape index (κ3) is 4.84. The molecular weight excluding hydrogens is 765 g/mol. The Hall–Kier alpha value is -7.68. The molecule has 2 heterocycles. The minimum Gasteiger partial charge on any atom is -0.456 e. The molecule has 3 aliphatic carbocycles. The first kappa shape index (κ1) is 35.0. The Kier molecular flexibility index (Phi) is 7.04. The van der Waals surface area contributed by atoms with Crippen LogP contribution in [0.5, 0.6) is 0 Å². The molecule has 0 bridgehead atoms. The number of hydrogen-bond donors (Lipinski definition) is 0. The lowest BCUT2D eigenvalue weighted by Crippen LogP contribution is -2.15. The molecule has 2 atom stereocenters. The van der Waals surface area contributed by atoms with Gasteiger partial charge in [0, 0.05) is 38.8 Å². The molecular formula is C61H40O2. The number of para-hydroxylation sites is 1. The van der Waals surface area contributed by atoms with Crippen LogP contribution in [-0.2, 0) is 5.41 Å². The molecule has 2 aromatic heterocycles. The van der Waals surface area contributed by atoms with Crippen molar-refractivity contribution in [2.75, 3.05) is 0 Å². The summed E-state index contributed by atoms with van der Waals surface area (Å²) in [5, 5.41) is 12.3. The van der Waals surface area contributed by atoms with Gasteiger partial charge in [-0.1, -0.05) is 178 Å². The quantitative estimate of drug-likeness (QED) is 0.166. The van der Waals surface area contributed by atoms with Crippen molar-refractivity contribution in [1.82, 2.24) is 0 Å². The minimum absolute atomic E-state index is 0.142. The fourth-order valence-electron chi connectivity index (χ4n) is 11.8. The highest BCUT2D eigenvalue weighted by atomic mass is 16.3. The van der Waals surface area contributed by atoms with Crippen LogP contribution in [0.25, 0.3) is 110 Å². The Morgan fingerprint density at radius 2 is 0.968 bits per heavy atom. The number of allylic oxidation sites excluding steroid dienone is 8. The van der Waals surface area contributed by atoms with Crippen LogP contribution in [0, 0.1) is 11.8 Å². The summed E-state index contributed by atoms with van der Waals surface area (Å²) in [5.74, 6) is 0.463. The lowest BCUT2D eigenvalue weighted by molar-refractivity contribution is 0.656. The van der Waals surface area contributed by atoms with Crippen LogP contribution in [0.1, 0.15) is 36.1 Å². The molecule has 0 N–H and O–H groups in total. The first-order valence-corrected chi connectivity index (χ1v) is 22.2. The SMILES string of the molecule is CC1(C)c2ccccc2-c2ccc3oc4cc(C5=CC6C=CC(c7c8ccccc8c(-c8ccc9oc%10ccccc%10c9c8)c8ccccc78)=CC6C=C5)c5ccccc5c4c3c21. The van der Waals surface area contributed by atoms with Crippen molar-refractivity contribution in [2.24, 2.45) is 11.8 Å². The fraction of sp³-hybridized carbons (Fsp3) is 0.0820. The molecule has 296 valence electrons. The maximum absolute atomic E-state index is 6.84. The Morgan fingerprint density at radius 3 is 1.73 bits per heavy atom. The average Bonchev–Trinajstić information content (AvgIpc) is 3.97. The first-order chi connectivity index (χ1) is 31.0. The molecule has 0 aliphatic heterocycles. The van der Waals surface area contributed by atoms with Crippen LogP contribution in [-0.4, -0.2) is 0 Å². The summed E-state index contributed by atoms with van der Waals surface area (Å²) in [6.45, 7) is 4.73. The highest BCUT2D eigenvalue weighted by molar-refractivity contribution is 6.24. The van der Waals surface area contributed by atoms with Gasteiger partial charge in [0.25, 0.3) is 0 Å². The zero-order valence-electron chi connectivity index (χ0n) is 34.9. The zero-order chi connectivity index (χ0) is 41.6. The topological polar surface area (TPSA) is 26.3 Å². The van der Waals surface area contributed by atoms with Gasteiger partial charge in [-0.15, -0.1) is 0 Å². The summed E-state index contributed by atoms with van der Waals surface area (Å²) in [4.78, 5) is 0. The molecule has 2 heteroatoms. The summed E-state index contributed by atoms with van der Waals surface area (Å²) in [7, 11) is 0. The van der Waals surface area contributed by atoms with Gasteiger partial charge in [-0.05, 0) is 118 Å². The first-order valence-electron chi connectivity index (χ1n) is 22.2. The van der Waals surface area contributed by atoms with Crippen LogP contribution in [0.3, 0.4) is 0 Å². The third-order valence-corrected chi connectivity index (χ3v) is 14.5. The van der Waals surface area contributed by atoms with Crippen molar-refractivity contribution >= 4 is 87.3 Å². The second kappa shape index (κ2) is 12.7. The zero-order valence-corrected chi connectivity index (χ0v) is 34.9. The summed E-state index contributed by atoms with van der Waals surface area (Å²) < 4.78 is 13.1. The van der Waals surface area contributed by atoms with Crippen molar-refractivity contribution in [3.05, 3.63) is 216 Å². The maximum Gasteiger partial charge on any atom is 0.136 e. The normalized spacial score (nSPS) is 17.6. The Balaban J connectivity index is 0.879. The van der Waals surface area contributed by atoms with Gasteiger partial charge in [-0.25, -0.2) is 0 Å². The van der Waals surface area contributed by atoms with E-state index in [0.29, 0.717) is 0 Å². The van der Waals surface area contributed by atoms with E-state index < -0.39 is 0 Å². The molecule has 63 heavy (non-hydrogen) atoms. The van der Waals surface area contributed by atoms with E-state index in [9.17, 15) is 0 Å². The Bertz CT molecular complexity index is 3890. The van der Waals surface area contributed by atoms with Crippen molar-refractivity contribution in [1.29, 1.82) is 0 Å². The van der Waals surface area contributed by atoms with Gasteiger partial charge in [-0.3, -0.25) is 0 Å². The van der Waals surface area contributed by atoms with Crippen LogP contribution in [0.4, 0.5) is 0 Å². The average molecular weight is 805 g/mol. The molecule has 0 saturated carbocycles. The largest absolute Gasteiger partial charge is 0.456 e. The maximum atomic E-state index is 6.84. The van der Waals surface area contributed by atoms with Gasteiger partial charge in [-0.2, -0.15) is 0 Å². The smallest absolute Gasteiger partial charge is 0.136 e. The lowest BCUT2D eigenvalue weighted by atomic mass is 9.77. The second-order valence-corrected chi connectivity index (χ2v) is 18.2. The Labute approximate surface area is 364 Å². The van der Waals surface area contributed by atoms with Crippen molar-refractivity contribution in [3.8, 4) is 22.3 Å². The molecule has 14 rings (SSSR count). The number of fused-ring (bicyclic) bond motifs is 15. The van der Waals surface area contributed by atoms with Crippen LogP contribution < -0.4 is 0 Å². The van der Waals surface area contributed by atoms with Gasteiger partial charge in [0.15, 0.2) is 0 Å². The predicted octanol–water partition coefficient (Wildman–Crippen LogP) is 16.8. The molecule has 0 amide bonds. The third-order valence-electron chi connectivity index (χ3n) is 14.5. The minimum atomic E-state index is -0.142. The number of furan rings is 2. The van der Waals surface area contributed by atoms with Crippen LogP contribution in [0.15, 0.2) is 203 Å². The molecule has 3 aliphatic rings. The van der Waals surface area contributed by atoms with E-state index in [-0.39, 0.29) is 17.3 Å². The molecule has 11 aromatic rings. The van der Waals surface area contributed by atoms with E-state index in [0.717, 1.165) is 33.1 Å². The van der Waals surface area contributed by atoms with E-state index in [1.54, 1.807) is 0 Å². The highest BCUT2D eigenvalue weighted by Crippen LogP contribution is 2.54. The summed E-state index contributed by atoms with van der Waals surface area (Å²) in [6, 6.07) is 57.5. The van der Waals surface area contributed by atoms with Gasteiger partial charge >= 0.3 is 0 Å². The van der Waals surface area contributed by atoms with E-state index >= 15 is 0 Å². The van der Waals surface area contributed by atoms with E-state index in [1.807, 2.05) is 6.07 Å². The number of hydrogen-bond acceptors (Lipinski definition) is 2. The fourth-order valence-corrected chi connectivity index (χ4v) is 11.8. The van der Waals surface area contributed by atoms with Crippen molar-refractivity contribution in [2.45, 2.75) is 19.3 Å². The standard InChI is InChI=1S/C61H40O2/c1-61(2)51-21-11-9-14-41(51)48-28-30-54-59(60(48)61)58-43-16-4-3-13-40(43)49(34-55(58)63-54)37-25-23-36-32-38(26-24-35(36)31-37)56-44-17-5-7-19-46(44)57(47-20-8-6-18-45(47)56)39-27-29-53-50(33-39)42-15-10-12-22-52(42)62-53/h3-36H,1-2H3. The number of rotatable bonds is 3. The van der Waals surface area contributed by atoms with E-state index in [1.165, 1.54) is 98.7 Å². The van der Waals surface area contributed by atoms with E-state index in [2.05, 4.69) is 202 Å². The predicted molar refractivity (Wildman–Crippen MR) is 264 cm³/mol. The van der Waals surface area contributed by atoms with Gasteiger partial charge in [0.05, 0.1) is 0 Å². The molecule has 0 fully saturated rings. The summed E-state index contributed by atoms with van der Waals surface area (Å²) in [5.41, 5.74) is 16.4. The number of benzene rings is 9. The van der Waals surface area contributed by atoms with Crippen molar-refractivity contribution in [3.63, 3.8) is 0 Å². The van der Waals surface area contributed by atoms with Gasteiger partial charge < -0.3 is 8.83 Å². The van der Waals surface area contributed by atoms with Gasteiger partial charge in [0.2, 0.25) is 0 Å². The summed E-state index contributed by atoms with van der Waals surface area (Å²) in [6.07, 6.45) is 14.5. The van der Waals surface area contributed by atoms with E-state index in [4.69, 9.17) is 8.83 Å². The second-order valence-electron chi connectivity index (χ2n) is 18.2. The molecule has 2 unspecified atom stereocenters. The molecule has 0 saturated heterocycles. The Morgan fingerprint density at radius 1 is 0.397 bits per heavy atom. The molecule has 2 nitrogen and oxygen atoms in total. The van der Waals surface area contributed by atoms with Crippen LogP contribution in [0.2, 0.25) is 0 Å².